The van der Waals surface area contributed by atoms with E-state index in [0.717, 1.165) is 57.1 Å². The SMILES string of the molecule is CCCCC1CCC(CCc2ccc(C(=O)C(F)(F)C(F)(F)C(F)(F)C(F)(F)C(F)(F)C(F)(F)C(F)(F)C(F)(F)F)cc2)CC1. The minimum absolute atomic E-state index is 0.276. The summed E-state index contributed by atoms with van der Waals surface area (Å²) in [6.45, 7) is 2.06. The first-order chi connectivity index (χ1) is 20.1. The Kier molecular flexibility index (Phi) is 11.0. The zero-order valence-electron chi connectivity index (χ0n) is 23.2. The van der Waals surface area contributed by atoms with Gasteiger partial charge in [0.15, 0.2) is 0 Å². The van der Waals surface area contributed by atoms with Crippen LogP contribution in [0.3, 0.4) is 0 Å². The van der Waals surface area contributed by atoms with Gasteiger partial charge >= 0.3 is 47.6 Å². The van der Waals surface area contributed by atoms with Crippen LogP contribution in [0.25, 0.3) is 0 Å². The third-order valence-corrected chi connectivity index (χ3v) is 8.00. The molecule has 1 saturated carbocycles. The van der Waals surface area contributed by atoms with Crippen LogP contribution in [0.4, 0.5) is 74.6 Å². The first-order valence-corrected chi connectivity index (χ1v) is 13.5. The second-order valence-electron chi connectivity index (χ2n) is 11.1. The zero-order valence-corrected chi connectivity index (χ0v) is 23.2. The van der Waals surface area contributed by atoms with E-state index in [0.29, 0.717) is 30.0 Å². The van der Waals surface area contributed by atoms with Crippen LogP contribution in [0, 0.1) is 11.8 Å². The van der Waals surface area contributed by atoms with Gasteiger partial charge in [-0.3, -0.25) is 4.79 Å². The van der Waals surface area contributed by atoms with Crippen molar-refractivity contribution in [3.63, 3.8) is 0 Å². The van der Waals surface area contributed by atoms with Crippen LogP contribution in [0.15, 0.2) is 24.3 Å². The number of hydrogen-bond acceptors (Lipinski definition) is 1. The number of benzene rings is 1. The van der Waals surface area contributed by atoms with Crippen molar-refractivity contribution in [1.82, 2.24) is 0 Å². The molecule has 18 heteroatoms. The largest absolute Gasteiger partial charge is 0.460 e. The normalized spacial score (nSPS) is 20.0. The molecule has 0 unspecified atom stereocenters. The van der Waals surface area contributed by atoms with Crippen molar-refractivity contribution in [2.75, 3.05) is 0 Å². The average Bonchev–Trinajstić information content (AvgIpc) is 2.94. The standard InChI is InChI=1S/C27H27F17O/c1-2-3-4-15-5-7-16(8-6-15)9-10-17-11-13-18(14-12-17)19(45)20(28,29)21(30,31)22(32,33)23(34,35)24(36,37)25(38,39)26(40,41)27(42,43)44/h11-16H,2-10H2,1H3. The molecule has 0 atom stereocenters. The molecular formula is C27H27F17O. The molecule has 1 aromatic rings. The van der Waals surface area contributed by atoms with Crippen LogP contribution in [0.2, 0.25) is 0 Å². The third kappa shape index (κ3) is 6.61. The zero-order chi connectivity index (χ0) is 35.1. The molecule has 0 radical (unpaired) electrons. The molecule has 0 spiro atoms. The van der Waals surface area contributed by atoms with E-state index in [-0.39, 0.29) is 12.3 Å². The number of carbonyl (C=O) groups is 1. The van der Waals surface area contributed by atoms with E-state index in [4.69, 9.17) is 0 Å². The van der Waals surface area contributed by atoms with E-state index in [2.05, 4.69) is 6.92 Å². The van der Waals surface area contributed by atoms with Crippen molar-refractivity contribution in [2.24, 2.45) is 11.8 Å². The summed E-state index contributed by atoms with van der Waals surface area (Å²) in [4.78, 5) is 12.0. The van der Waals surface area contributed by atoms with Crippen LogP contribution in [0.1, 0.15) is 74.2 Å². The highest BCUT2D eigenvalue weighted by Gasteiger charge is 2.95. The summed E-state index contributed by atoms with van der Waals surface area (Å²) in [7, 11) is 0. The van der Waals surface area contributed by atoms with E-state index < -0.39 is 59.0 Å². The molecule has 2 rings (SSSR count). The summed E-state index contributed by atoms with van der Waals surface area (Å²) in [6, 6.07) is 2.59. The van der Waals surface area contributed by atoms with Crippen molar-refractivity contribution >= 4 is 5.78 Å². The number of Topliss-reactive ketones (excluding diaryl/α,β-unsaturated/α-hetero) is 1. The first kappa shape index (κ1) is 38.9. The second-order valence-corrected chi connectivity index (χ2v) is 11.1. The predicted molar refractivity (Wildman–Crippen MR) is 125 cm³/mol. The number of hydrogen-bond donors (Lipinski definition) is 0. The maximum atomic E-state index is 14.3. The molecule has 1 fully saturated rings. The Balaban J connectivity index is 2.26. The van der Waals surface area contributed by atoms with Crippen molar-refractivity contribution in [2.45, 2.75) is 112 Å². The van der Waals surface area contributed by atoms with Crippen LogP contribution < -0.4 is 0 Å². The van der Waals surface area contributed by atoms with Gasteiger partial charge in [0.2, 0.25) is 5.78 Å². The minimum atomic E-state index is -8.73. The van der Waals surface area contributed by atoms with Crippen molar-refractivity contribution in [1.29, 1.82) is 0 Å². The average molecular weight is 690 g/mol. The predicted octanol–water partition coefficient (Wildman–Crippen LogP) is 10.8. The molecule has 0 N–H and O–H groups in total. The second kappa shape index (κ2) is 12.7. The first-order valence-electron chi connectivity index (χ1n) is 13.5. The van der Waals surface area contributed by atoms with E-state index >= 15 is 0 Å². The highest BCUT2D eigenvalue weighted by Crippen LogP contribution is 2.64. The number of aryl methyl sites for hydroxylation is 1. The molecule has 0 bridgehead atoms. The van der Waals surface area contributed by atoms with Crippen LogP contribution in [-0.4, -0.2) is 53.4 Å². The Morgan fingerprint density at radius 3 is 1.36 bits per heavy atom. The quantitative estimate of drug-likeness (QED) is 0.140. The smallest absolute Gasteiger partial charge is 0.287 e. The molecule has 1 nitrogen and oxygen atoms in total. The maximum absolute atomic E-state index is 14.3. The lowest BCUT2D eigenvalue weighted by Crippen LogP contribution is -2.75. The monoisotopic (exact) mass is 690 g/mol. The molecule has 0 aromatic heterocycles. The number of rotatable bonds is 14. The van der Waals surface area contributed by atoms with E-state index in [1.807, 2.05) is 0 Å². The number of alkyl halides is 17. The Morgan fingerprint density at radius 1 is 0.578 bits per heavy atom. The van der Waals surface area contributed by atoms with Crippen LogP contribution in [0.5, 0.6) is 0 Å². The van der Waals surface area contributed by atoms with Gasteiger partial charge in [0, 0.05) is 5.56 Å². The number of unbranched alkanes of at least 4 members (excludes halogenated alkanes) is 1. The molecule has 1 aromatic carbocycles. The summed E-state index contributed by atoms with van der Waals surface area (Å²) >= 11 is 0. The highest BCUT2D eigenvalue weighted by molar-refractivity contribution is 6.02. The van der Waals surface area contributed by atoms with Gasteiger partial charge in [-0.1, -0.05) is 76.1 Å². The summed E-state index contributed by atoms with van der Waals surface area (Å²) in [6.07, 6.45) is 0.0273. The van der Waals surface area contributed by atoms with Gasteiger partial charge in [0.1, 0.15) is 0 Å². The summed E-state index contributed by atoms with van der Waals surface area (Å²) in [5.74, 6) is -60.5. The lowest BCUT2D eigenvalue weighted by Gasteiger charge is -2.42. The van der Waals surface area contributed by atoms with Crippen LogP contribution >= 0.6 is 0 Å². The highest BCUT2D eigenvalue weighted by atomic mass is 19.4. The van der Waals surface area contributed by atoms with E-state index in [1.165, 1.54) is 0 Å². The molecule has 45 heavy (non-hydrogen) atoms. The summed E-state index contributed by atoms with van der Waals surface area (Å²) in [5, 5.41) is 0. The van der Waals surface area contributed by atoms with E-state index in [9.17, 15) is 79.4 Å². The molecule has 0 heterocycles. The molecule has 0 aliphatic heterocycles. The number of ketones is 1. The topological polar surface area (TPSA) is 17.1 Å². The molecule has 260 valence electrons. The molecule has 0 saturated heterocycles. The molecular weight excluding hydrogens is 663 g/mol. The van der Waals surface area contributed by atoms with Gasteiger partial charge in [-0.15, -0.1) is 0 Å². The maximum Gasteiger partial charge on any atom is 0.460 e. The van der Waals surface area contributed by atoms with Crippen molar-refractivity contribution in [3.8, 4) is 0 Å². The Bertz CT molecular complexity index is 1150. The van der Waals surface area contributed by atoms with Crippen LogP contribution in [-0.2, 0) is 6.42 Å². The fraction of sp³-hybridized carbons (Fsp3) is 0.741. The van der Waals surface area contributed by atoms with Crippen molar-refractivity contribution < 1.29 is 79.4 Å². The molecule has 0 amide bonds. The van der Waals surface area contributed by atoms with Crippen molar-refractivity contribution in [3.05, 3.63) is 35.4 Å². The minimum Gasteiger partial charge on any atom is -0.287 e. The fourth-order valence-electron chi connectivity index (χ4n) is 4.98. The summed E-state index contributed by atoms with van der Waals surface area (Å²) < 4.78 is 229. The van der Waals surface area contributed by atoms with Gasteiger partial charge in [0.05, 0.1) is 0 Å². The third-order valence-electron chi connectivity index (χ3n) is 8.00. The van der Waals surface area contributed by atoms with E-state index in [1.54, 1.807) is 0 Å². The van der Waals surface area contributed by atoms with Gasteiger partial charge in [-0.05, 0) is 30.2 Å². The van der Waals surface area contributed by atoms with Gasteiger partial charge in [-0.2, -0.15) is 74.6 Å². The lowest BCUT2D eigenvalue weighted by molar-refractivity contribution is -0.459. The fourth-order valence-corrected chi connectivity index (χ4v) is 4.98. The van der Waals surface area contributed by atoms with Gasteiger partial charge < -0.3 is 0 Å². The molecule has 1 aliphatic rings. The Labute approximate surface area is 245 Å². The van der Waals surface area contributed by atoms with Gasteiger partial charge in [0.25, 0.3) is 0 Å². The number of halogens is 17. The number of carbonyl (C=O) groups excluding carboxylic acids is 1. The van der Waals surface area contributed by atoms with Gasteiger partial charge in [-0.25, -0.2) is 0 Å². The lowest BCUT2D eigenvalue weighted by atomic mass is 9.78. The Morgan fingerprint density at radius 2 is 0.956 bits per heavy atom. The Hall–Kier alpha value is -2.30. The molecule has 1 aliphatic carbocycles. The summed E-state index contributed by atoms with van der Waals surface area (Å²) in [5.41, 5.74) is -1.22.